The predicted octanol–water partition coefficient (Wildman–Crippen LogP) is 3.81. The van der Waals surface area contributed by atoms with Crippen LogP contribution in [0.1, 0.15) is 31.7 Å². The highest BCUT2D eigenvalue weighted by atomic mass is 19.2. The van der Waals surface area contributed by atoms with Crippen molar-refractivity contribution >= 4 is 0 Å². The van der Waals surface area contributed by atoms with Crippen molar-refractivity contribution in [2.75, 3.05) is 26.4 Å². The molecule has 7 heteroatoms. The van der Waals surface area contributed by atoms with Crippen LogP contribution < -0.4 is 0 Å². The molecule has 0 spiro atoms. The molecule has 1 aromatic carbocycles. The first-order valence-electron chi connectivity index (χ1n) is 9.16. The standard InChI is InChI=1S/C19H25F3O4/c1-2-3-13-8-25-19(26-9-13)14-10-23-17(24-11-14)5-4-12-6-15(20)18(22)16(21)7-12/h6-7,13-14,17,19H,2-5,8-11H2,1H3/t13-,14-,17-,19-. The summed E-state index contributed by atoms with van der Waals surface area (Å²) in [6.45, 7) is 4.42. The van der Waals surface area contributed by atoms with Crippen LogP contribution in [0.2, 0.25) is 0 Å². The Bertz CT molecular complexity index is 559. The Balaban J connectivity index is 1.40. The van der Waals surface area contributed by atoms with Gasteiger partial charge in [-0.2, -0.15) is 0 Å². The van der Waals surface area contributed by atoms with E-state index in [0.717, 1.165) is 25.0 Å². The Morgan fingerprint density at radius 3 is 2.08 bits per heavy atom. The van der Waals surface area contributed by atoms with Gasteiger partial charge in [0.25, 0.3) is 0 Å². The second kappa shape index (κ2) is 9.17. The molecule has 0 N–H and O–H groups in total. The summed E-state index contributed by atoms with van der Waals surface area (Å²) in [7, 11) is 0. The van der Waals surface area contributed by atoms with Gasteiger partial charge >= 0.3 is 0 Å². The Kier molecular flexibility index (Phi) is 6.92. The number of halogens is 3. The molecule has 0 aromatic heterocycles. The van der Waals surface area contributed by atoms with Crippen molar-refractivity contribution in [3.05, 3.63) is 35.1 Å². The smallest absolute Gasteiger partial charge is 0.194 e. The summed E-state index contributed by atoms with van der Waals surface area (Å²) in [6.07, 6.45) is 2.20. The van der Waals surface area contributed by atoms with Crippen LogP contribution in [0.5, 0.6) is 0 Å². The van der Waals surface area contributed by atoms with E-state index < -0.39 is 23.7 Å². The maximum Gasteiger partial charge on any atom is 0.194 e. The fourth-order valence-corrected chi connectivity index (χ4v) is 3.32. The molecule has 4 nitrogen and oxygen atoms in total. The molecule has 26 heavy (non-hydrogen) atoms. The Morgan fingerprint density at radius 2 is 1.50 bits per heavy atom. The SMILES string of the molecule is CCC[C@H]1CO[C@H]([C@H]2CO[C@H](CCc3cc(F)c(F)c(F)c3)OC2)OC1. The zero-order valence-corrected chi connectivity index (χ0v) is 14.9. The van der Waals surface area contributed by atoms with Gasteiger partial charge in [-0.25, -0.2) is 13.2 Å². The highest BCUT2D eigenvalue weighted by Crippen LogP contribution is 2.25. The van der Waals surface area contributed by atoms with Crippen molar-refractivity contribution in [2.24, 2.45) is 11.8 Å². The number of aryl methyl sites for hydroxylation is 1. The third kappa shape index (κ3) is 4.97. The largest absolute Gasteiger partial charge is 0.352 e. The maximum absolute atomic E-state index is 13.2. The minimum atomic E-state index is -1.45. The molecule has 0 saturated carbocycles. The normalized spacial score (nSPS) is 29.7. The third-order valence-corrected chi connectivity index (χ3v) is 4.78. The van der Waals surface area contributed by atoms with E-state index in [0.29, 0.717) is 50.8 Å². The van der Waals surface area contributed by atoms with E-state index in [-0.39, 0.29) is 12.2 Å². The first kappa shape index (κ1) is 19.6. The third-order valence-electron chi connectivity index (χ3n) is 4.78. The molecular weight excluding hydrogens is 349 g/mol. The van der Waals surface area contributed by atoms with Crippen LogP contribution >= 0.6 is 0 Å². The minimum absolute atomic E-state index is 0.00883. The van der Waals surface area contributed by atoms with E-state index in [2.05, 4.69) is 6.92 Å². The van der Waals surface area contributed by atoms with E-state index in [1.165, 1.54) is 0 Å². The van der Waals surface area contributed by atoms with Gasteiger partial charge in [-0.05, 0) is 30.5 Å². The molecule has 0 radical (unpaired) electrons. The molecular formula is C19H25F3O4. The van der Waals surface area contributed by atoms with Crippen molar-refractivity contribution < 1.29 is 32.1 Å². The lowest BCUT2D eigenvalue weighted by Gasteiger charge is -2.37. The lowest BCUT2D eigenvalue weighted by molar-refractivity contribution is -0.281. The molecule has 2 fully saturated rings. The fourth-order valence-electron chi connectivity index (χ4n) is 3.32. The summed E-state index contributed by atoms with van der Waals surface area (Å²) in [5.41, 5.74) is 0.372. The summed E-state index contributed by atoms with van der Waals surface area (Å²) in [5.74, 6) is -3.35. The number of ether oxygens (including phenoxy) is 4. The van der Waals surface area contributed by atoms with Gasteiger partial charge in [-0.3, -0.25) is 0 Å². The highest BCUT2D eigenvalue weighted by molar-refractivity contribution is 5.19. The van der Waals surface area contributed by atoms with Crippen molar-refractivity contribution in [1.82, 2.24) is 0 Å². The van der Waals surface area contributed by atoms with Crippen LogP contribution in [0.3, 0.4) is 0 Å². The first-order valence-corrected chi connectivity index (χ1v) is 9.16. The molecule has 2 aliphatic rings. The van der Waals surface area contributed by atoms with Gasteiger partial charge in [0, 0.05) is 12.3 Å². The number of hydrogen-bond donors (Lipinski definition) is 0. The monoisotopic (exact) mass is 374 g/mol. The molecule has 2 heterocycles. The average Bonchev–Trinajstić information content (AvgIpc) is 2.66. The maximum atomic E-state index is 13.2. The molecule has 0 amide bonds. The number of benzene rings is 1. The first-order chi connectivity index (χ1) is 12.6. The summed E-state index contributed by atoms with van der Waals surface area (Å²) in [6, 6.07) is 2.00. The Labute approximate surface area is 151 Å². The van der Waals surface area contributed by atoms with Crippen molar-refractivity contribution in [3.8, 4) is 0 Å². The summed E-state index contributed by atoms with van der Waals surface area (Å²) < 4.78 is 62.4. The lowest BCUT2D eigenvalue weighted by Crippen LogP contribution is -2.44. The molecule has 3 rings (SSSR count). The van der Waals surface area contributed by atoms with Crippen LogP contribution in [-0.4, -0.2) is 39.0 Å². The number of hydrogen-bond acceptors (Lipinski definition) is 4. The van der Waals surface area contributed by atoms with Gasteiger partial charge in [0.15, 0.2) is 30.0 Å². The van der Waals surface area contributed by atoms with Gasteiger partial charge in [0.05, 0.1) is 32.3 Å². The second-order valence-corrected chi connectivity index (χ2v) is 6.96. The van der Waals surface area contributed by atoms with Crippen molar-refractivity contribution in [1.29, 1.82) is 0 Å². The number of rotatable bonds is 6. The van der Waals surface area contributed by atoms with Crippen LogP contribution in [0.25, 0.3) is 0 Å². The van der Waals surface area contributed by atoms with Gasteiger partial charge < -0.3 is 18.9 Å². The zero-order chi connectivity index (χ0) is 18.5. The topological polar surface area (TPSA) is 36.9 Å². The van der Waals surface area contributed by atoms with E-state index in [1.807, 2.05) is 0 Å². The highest BCUT2D eigenvalue weighted by Gasteiger charge is 2.33. The van der Waals surface area contributed by atoms with Crippen molar-refractivity contribution in [3.63, 3.8) is 0 Å². The molecule has 0 unspecified atom stereocenters. The Morgan fingerprint density at radius 1 is 0.885 bits per heavy atom. The molecule has 0 atom stereocenters. The summed E-state index contributed by atoms with van der Waals surface area (Å²) in [5, 5.41) is 0. The fraction of sp³-hybridized carbons (Fsp3) is 0.684. The van der Waals surface area contributed by atoms with Crippen molar-refractivity contribution in [2.45, 2.75) is 45.2 Å². The summed E-state index contributed by atoms with van der Waals surface area (Å²) >= 11 is 0. The Hall–Kier alpha value is -1.15. The molecule has 0 bridgehead atoms. The lowest BCUT2D eigenvalue weighted by atomic mass is 10.0. The minimum Gasteiger partial charge on any atom is -0.352 e. The van der Waals surface area contributed by atoms with Gasteiger partial charge in [-0.1, -0.05) is 13.3 Å². The van der Waals surface area contributed by atoms with Crippen LogP contribution in [0, 0.1) is 29.3 Å². The van der Waals surface area contributed by atoms with Gasteiger partial charge in [0.2, 0.25) is 0 Å². The van der Waals surface area contributed by atoms with Crippen LogP contribution in [0.4, 0.5) is 13.2 Å². The molecule has 0 aliphatic carbocycles. The molecule has 146 valence electrons. The zero-order valence-electron chi connectivity index (χ0n) is 14.9. The quantitative estimate of drug-likeness (QED) is 0.710. The van der Waals surface area contributed by atoms with E-state index in [4.69, 9.17) is 18.9 Å². The summed E-state index contributed by atoms with van der Waals surface area (Å²) in [4.78, 5) is 0. The van der Waals surface area contributed by atoms with E-state index in [1.54, 1.807) is 0 Å². The van der Waals surface area contributed by atoms with E-state index in [9.17, 15) is 13.2 Å². The van der Waals surface area contributed by atoms with Gasteiger partial charge in [-0.15, -0.1) is 0 Å². The van der Waals surface area contributed by atoms with Crippen LogP contribution in [-0.2, 0) is 25.4 Å². The van der Waals surface area contributed by atoms with E-state index >= 15 is 0 Å². The second-order valence-electron chi connectivity index (χ2n) is 6.96. The molecule has 1 aromatic rings. The molecule has 2 aliphatic heterocycles. The average molecular weight is 374 g/mol. The predicted molar refractivity (Wildman–Crippen MR) is 87.9 cm³/mol. The van der Waals surface area contributed by atoms with Crippen LogP contribution in [0.15, 0.2) is 12.1 Å². The van der Waals surface area contributed by atoms with Gasteiger partial charge in [0.1, 0.15) is 0 Å². The molecule has 2 saturated heterocycles.